The zero-order chi connectivity index (χ0) is 57.8. The van der Waals surface area contributed by atoms with Gasteiger partial charge in [0.1, 0.15) is 34.7 Å². The molecule has 6 atom stereocenters. The molecule has 0 spiro atoms. The Morgan fingerprint density at radius 2 is 0.539 bits per heavy atom. The molecule has 0 bridgehead atoms. The summed E-state index contributed by atoms with van der Waals surface area (Å²) >= 11 is 0. The first-order valence-corrected chi connectivity index (χ1v) is 26.0. The minimum absolute atomic E-state index is 0.0555. The number of Topliss-reactive ketones (excluding diaryl/α,β-unsaturated/α-hetero) is 7. The van der Waals surface area contributed by atoms with E-state index in [1.54, 1.807) is 13.8 Å². The Morgan fingerprint density at radius 3 is 0.750 bits per heavy atom. The van der Waals surface area contributed by atoms with Gasteiger partial charge in [0, 0.05) is 119 Å². The van der Waals surface area contributed by atoms with Crippen molar-refractivity contribution in [2.75, 3.05) is 45.8 Å². The number of hydrogen-bond acceptors (Lipinski definition) is 14. The van der Waals surface area contributed by atoms with Gasteiger partial charge in [-0.05, 0) is 84.0 Å². The standard InChI is InChI=1S/C49H91N19O8/c1-29(2)42(75)28-68-43(76)36(15-9-21-67-49(60)61)27-41(74)35(14-8-20-66-48(58)59)26-40(73)34(13-7-19-65-47(56)57)25-39(72)33(12-6-18-64-46(54)55)24-38(71)32(11-5-17-63-45(52)53)23-37(70)31(22-30(3)69)10-4-16-62-44(50)51/h29,31-36H,4-28H2,1-3H3,(H,68,76)(H4,50,51,62)(H4,52,53,63)(H4,54,55,64)(H4,56,57,65)(H4,58,59,66)(H4,60,61,67). The van der Waals surface area contributed by atoms with Crippen LogP contribution in [0.2, 0.25) is 0 Å². The van der Waals surface area contributed by atoms with Gasteiger partial charge in [-0.2, -0.15) is 0 Å². The van der Waals surface area contributed by atoms with E-state index in [9.17, 15) is 38.4 Å². The summed E-state index contributed by atoms with van der Waals surface area (Å²) in [5, 5.41) is 2.64. The molecular weight excluding hydrogens is 983 g/mol. The van der Waals surface area contributed by atoms with Crippen molar-refractivity contribution in [2.45, 2.75) is 136 Å². The highest BCUT2D eigenvalue weighted by molar-refractivity contribution is 5.97. The van der Waals surface area contributed by atoms with Crippen LogP contribution in [0.4, 0.5) is 0 Å². The molecule has 0 aromatic carbocycles. The minimum atomic E-state index is -0.978. The normalized spacial score (nSPS) is 13.3. The zero-order valence-corrected chi connectivity index (χ0v) is 45.1. The van der Waals surface area contributed by atoms with E-state index < -0.39 is 64.5 Å². The van der Waals surface area contributed by atoms with Gasteiger partial charge in [0.15, 0.2) is 41.5 Å². The molecule has 1 amide bonds. The lowest BCUT2D eigenvalue weighted by Gasteiger charge is -2.24. The third-order valence-electron chi connectivity index (χ3n) is 12.5. The first-order valence-electron chi connectivity index (χ1n) is 26.0. The maximum atomic E-state index is 14.7. The van der Waals surface area contributed by atoms with Crippen LogP contribution < -0.4 is 74.1 Å². The SMILES string of the molecule is CC(=O)CC(CCCN=C(N)N)C(=O)CC(CCCN=C(N)N)C(=O)CC(CCCN=C(N)N)C(=O)CC(CCCN=C(N)N)C(=O)CC(CCCN=C(N)N)C(=O)CC(CCCN=C(N)N)C(=O)NCC(=O)C(C)C. The summed E-state index contributed by atoms with van der Waals surface area (Å²) in [5.41, 5.74) is 66.5. The van der Waals surface area contributed by atoms with Crippen LogP contribution in [0.5, 0.6) is 0 Å². The number of carbonyl (C=O) groups excluding carboxylic acids is 8. The summed E-state index contributed by atoms with van der Waals surface area (Å²) in [6, 6.07) is 0. The van der Waals surface area contributed by atoms with Crippen LogP contribution >= 0.6 is 0 Å². The number of hydrogen-bond donors (Lipinski definition) is 13. The van der Waals surface area contributed by atoms with E-state index in [1.165, 1.54) is 6.92 Å². The largest absolute Gasteiger partial charge is 0.370 e. The average molecular weight is 1070 g/mol. The van der Waals surface area contributed by atoms with Crippen molar-refractivity contribution >= 4 is 82.1 Å². The van der Waals surface area contributed by atoms with Gasteiger partial charge in [0.2, 0.25) is 5.91 Å². The highest BCUT2D eigenvalue weighted by atomic mass is 16.2. The monoisotopic (exact) mass is 1070 g/mol. The van der Waals surface area contributed by atoms with Crippen LogP contribution in [0, 0.1) is 41.4 Å². The van der Waals surface area contributed by atoms with Crippen molar-refractivity contribution in [1.29, 1.82) is 0 Å². The molecule has 0 radical (unpaired) electrons. The number of carbonyl (C=O) groups is 8. The predicted molar refractivity (Wildman–Crippen MR) is 297 cm³/mol. The smallest absolute Gasteiger partial charge is 0.223 e. The van der Waals surface area contributed by atoms with E-state index in [2.05, 4.69) is 35.3 Å². The van der Waals surface area contributed by atoms with Crippen LogP contribution in [0.3, 0.4) is 0 Å². The van der Waals surface area contributed by atoms with E-state index in [0.29, 0.717) is 19.3 Å². The number of amides is 1. The molecular formula is C49H91N19O8. The molecule has 27 nitrogen and oxygen atoms in total. The lowest BCUT2D eigenvalue weighted by Crippen LogP contribution is -2.38. The van der Waals surface area contributed by atoms with Crippen LogP contribution in [-0.4, -0.2) is 128 Å². The molecule has 25 N–H and O–H groups in total. The molecule has 0 rings (SSSR count). The van der Waals surface area contributed by atoms with Gasteiger partial charge in [-0.1, -0.05) is 13.8 Å². The highest BCUT2D eigenvalue weighted by Gasteiger charge is 2.34. The van der Waals surface area contributed by atoms with Crippen molar-refractivity contribution in [3.05, 3.63) is 0 Å². The summed E-state index contributed by atoms with van der Waals surface area (Å²) in [6.07, 6.45) is 1.34. The van der Waals surface area contributed by atoms with Crippen LogP contribution in [0.15, 0.2) is 30.0 Å². The van der Waals surface area contributed by atoms with Crippen molar-refractivity contribution in [3.63, 3.8) is 0 Å². The second-order valence-electron chi connectivity index (χ2n) is 19.5. The number of nitrogens with zero attached hydrogens (tertiary/aromatic N) is 6. The van der Waals surface area contributed by atoms with Crippen LogP contribution in [0.1, 0.15) is 136 Å². The molecule has 27 heteroatoms. The Kier molecular flexibility index (Phi) is 35.5. The topological polar surface area (TPSA) is 535 Å². The van der Waals surface area contributed by atoms with Gasteiger partial charge in [0.05, 0.1) is 6.54 Å². The number of guanidine groups is 6. The highest BCUT2D eigenvalue weighted by Crippen LogP contribution is 2.30. The van der Waals surface area contributed by atoms with Crippen LogP contribution in [-0.2, 0) is 38.4 Å². The maximum absolute atomic E-state index is 14.7. The Balaban J connectivity index is 7.18. The molecule has 0 aliphatic rings. The Hall–Kier alpha value is -7.22. The summed E-state index contributed by atoms with van der Waals surface area (Å²) in [6.45, 7) is 5.46. The third kappa shape index (κ3) is 34.3. The van der Waals surface area contributed by atoms with E-state index in [-0.39, 0.29) is 201 Å². The van der Waals surface area contributed by atoms with Crippen molar-refractivity contribution in [3.8, 4) is 0 Å². The second-order valence-corrected chi connectivity index (χ2v) is 19.5. The summed E-state index contributed by atoms with van der Waals surface area (Å²) in [5.74, 6) is -9.64. The quantitative estimate of drug-likeness (QED) is 0.0180. The fourth-order valence-corrected chi connectivity index (χ4v) is 8.40. The number of ketones is 7. The number of rotatable bonds is 45. The fourth-order valence-electron chi connectivity index (χ4n) is 8.40. The first-order chi connectivity index (χ1) is 35.7. The Labute approximate surface area is 447 Å². The van der Waals surface area contributed by atoms with Gasteiger partial charge in [-0.15, -0.1) is 0 Å². The molecule has 430 valence electrons. The van der Waals surface area contributed by atoms with Gasteiger partial charge >= 0.3 is 0 Å². The molecule has 0 aliphatic heterocycles. The molecule has 0 saturated carbocycles. The van der Waals surface area contributed by atoms with Crippen molar-refractivity contribution in [1.82, 2.24) is 5.32 Å². The molecule has 0 aromatic rings. The van der Waals surface area contributed by atoms with Gasteiger partial charge in [-0.3, -0.25) is 63.5 Å². The molecule has 0 saturated heterocycles. The fraction of sp³-hybridized carbons (Fsp3) is 0.714. The van der Waals surface area contributed by atoms with E-state index in [1.807, 2.05) is 0 Å². The van der Waals surface area contributed by atoms with Crippen LogP contribution in [0.25, 0.3) is 0 Å². The average Bonchev–Trinajstić information content (AvgIpc) is 3.32. The molecule has 76 heavy (non-hydrogen) atoms. The van der Waals surface area contributed by atoms with E-state index in [4.69, 9.17) is 68.8 Å². The molecule has 0 heterocycles. The zero-order valence-electron chi connectivity index (χ0n) is 45.1. The van der Waals surface area contributed by atoms with E-state index >= 15 is 0 Å². The summed E-state index contributed by atoms with van der Waals surface area (Å²) in [7, 11) is 0. The Morgan fingerprint density at radius 1 is 0.329 bits per heavy atom. The molecule has 6 unspecified atom stereocenters. The number of nitrogens with one attached hydrogen (secondary N) is 1. The second kappa shape index (κ2) is 39.2. The molecule has 0 fully saturated rings. The van der Waals surface area contributed by atoms with Gasteiger partial charge < -0.3 is 78.9 Å². The lowest BCUT2D eigenvalue weighted by atomic mass is 9.78. The number of aliphatic imine (C=N–C) groups is 6. The third-order valence-corrected chi connectivity index (χ3v) is 12.5. The summed E-state index contributed by atoms with van der Waals surface area (Å²) in [4.78, 5) is 134. The molecule has 0 aromatic heterocycles. The lowest BCUT2D eigenvalue weighted by molar-refractivity contribution is -0.136. The van der Waals surface area contributed by atoms with Crippen molar-refractivity contribution < 1.29 is 38.4 Å². The van der Waals surface area contributed by atoms with Crippen molar-refractivity contribution in [2.24, 2.45) is 140 Å². The van der Waals surface area contributed by atoms with Gasteiger partial charge in [-0.25, -0.2) is 0 Å². The molecule has 0 aliphatic carbocycles. The first kappa shape index (κ1) is 68.8. The van der Waals surface area contributed by atoms with Gasteiger partial charge in [0.25, 0.3) is 0 Å². The Bertz CT molecular complexity index is 2050. The summed E-state index contributed by atoms with van der Waals surface area (Å²) < 4.78 is 0. The van der Waals surface area contributed by atoms with E-state index in [0.717, 1.165) is 0 Å². The minimum Gasteiger partial charge on any atom is -0.370 e. The maximum Gasteiger partial charge on any atom is 0.223 e. The number of nitrogens with two attached hydrogens (primary N) is 12. The predicted octanol–water partition coefficient (Wildman–Crippen LogP) is -1.88.